The molecule has 1 aromatic heterocycles. The van der Waals surface area contributed by atoms with E-state index in [1.807, 2.05) is 12.4 Å². The van der Waals surface area contributed by atoms with Crippen LogP contribution in [0, 0.1) is 0 Å². The van der Waals surface area contributed by atoms with Gasteiger partial charge >= 0.3 is 0 Å². The minimum Gasteiger partial charge on any atom is -0.236 e. The number of hydrogen-bond donors (Lipinski definition) is 1. The Morgan fingerprint density at radius 2 is 1.26 bits per heavy atom. The van der Waals surface area contributed by atoms with Gasteiger partial charge in [0.05, 0.1) is 0 Å². The molecule has 0 unspecified atom stereocenters. The van der Waals surface area contributed by atoms with Crippen molar-refractivity contribution >= 4 is 12.6 Å². The second-order valence-electron chi connectivity index (χ2n) is 7.59. The van der Waals surface area contributed by atoms with Crippen LogP contribution in [0.15, 0.2) is 35.5 Å². The van der Waals surface area contributed by atoms with Crippen molar-refractivity contribution in [2.24, 2.45) is 0 Å². The van der Waals surface area contributed by atoms with Crippen LogP contribution < -0.4 is 0 Å². The Balaban J connectivity index is 1.85. The van der Waals surface area contributed by atoms with E-state index in [1.165, 1.54) is 75.3 Å². The highest BCUT2D eigenvalue weighted by Crippen LogP contribution is 2.25. The normalized spacial score (nSPS) is 11.1. The molecule has 2 nitrogen and oxygen atoms in total. The van der Waals surface area contributed by atoms with Gasteiger partial charge in [0.15, 0.2) is 5.82 Å². The largest absolute Gasteiger partial charge is 0.236 e. The average Bonchev–Trinajstić information content (AvgIpc) is 2.69. The SMILES string of the molecule is CCCCCCCCc1cnc(-c2ccc(CCCCCC)cc2S)nc1. The molecule has 0 aliphatic rings. The van der Waals surface area contributed by atoms with Crippen LogP contribution in [-0.4, -0.2) is 9.97 Å². The van der Waals surface area contributed by atoms with E-state index in [4.69, 9.17) is 0 Å². The molecule has 0 aliphatic heterocycles. The lowest BCUT2D eigenvalue weighted by Gasteiger charge is -2.08. The van der Waals surface area contributed by atoms with E-state index in [0.29, 0.717) is 0 Å². The molecular formula is C24H36N2S. The second-order valence-corrected chi connectivity index (χ2v) is 8.08. The molecule has 1 aromatic carbocycles. The lowest BCUT2D eigenvalue weighted by molar-refractivity contribution is 0.607. The van der Waals surface area contributed by atoms with Crippen LogP contribution in [0.5, 0.6) is 0 Å². The van der Waals surface area contributed by atoms with E-state index in [-0.39, 0.29) is 0 Å². The summed E-state index contributed by atoms with van der Waals surface area (Å²) in [6.45, 7) is 4.51. The van der Waals surface area contributed by atoms with Gasteiger partial charge in [0, 0.05) is 22.9 Å². The van der Waals surface area contributed by atoms with Crippen molar-refractivity contribution in [3.8, 4) is 11.4 Å². The molecule has 27 heavy (non-hydrogen) atoms. The molecule has 148 valence electrons. The molecule has 0 fully saturated rings. The van der Waals surface area contributed by atoms with Crippen molar-refractivity contribution in [3.05, 3.63) is 41.7 Å². The number of aryl methyl sites for hydroxylation is 2. The van der Waals surface area contributed by atoms with Gasteiger partial charge in [-0.15, -0.1) is 12.6 Å². The first-order valence-corrected chi connectivity index (χ1v) is 11.3. The lowest BCUT2D eigenvalue weighted by Crippen LogP contribution is -1.95. The molecule has 0 radical (unpaired) electrons. The molecule has 0 spiro atoms. The highest BCUT2D eigenvalue weighted by atomic mass is 32.1. The standard InChI is InChI=1S/C24H36N2S/c1-3-5-7-9-10-12-14-21-18-25-24(26-19-21)22-16-15-20(17-23(22)27)13-11-8-6-4-2/h15-19,27H,3-14H2,1-2H3. The second kappa shape index (κ2) is 12.9. The minimum atomic E-state index is 0.782. The average molecular weight is 385 g/mol. The molecule has 0 saturated heterocycles. The van der Waals surface area contributed by atoms with E-state index in [9.17, 15) is 0 Å². The van der Waals surface area contributed by atoms with E-state index >= 15 is 0 Å². The number of aromatic nitrogens is 2. The van der Waals surface area contributed by atoms with Crippen molar-refractivity contribution in [2.45, 2.75) is 95.8 Å². The first-order valence-electron chi connectivity index (χ1n) is 10.9. The van der Waals surface area contributed by atoms with E-state index in [1.54, 1.807) is 0 Å². The van der Waals surface area contributed by atoms with Crippen molar-refractivity contribution in [2.75, 3.05) is 0 Å². The number of unbranched alkanes of at least 4 members (excludes halogenated alkanes) is 8. The maximum atomic E-state index is 4.69. The highest BCUT2D eigenvalue weighted by molar-refractivity contribution is 7.80. The predicted molar refractivity (Wildman–Crippen MR) is 120 cm³/mol. The van der Waals surface area contributed by atoms with Gasteiger partial charge in [0.2, 0.25) is 0 Å². The van der Waals surface area contributed by atoms with Crippen LogP contribution in [0.2, 0.25) is 0 Å². The maximum absolute atomic E-state index is 4.69. The quantitative estimate of drug-likeness (QED) is 0.286. The Morgan fingerprint density at radius 3 is 1.89 bits per heavy atom. The van der Waals surface area contributed by atoms with Gasteiger partial charge < -0.3 is 0 Å². The summed E-state index contributed by atoms with van der Waals surface area (Å²) in [6.07, 6.45) is 19.3. The number of hydrogen-bond acceptors (Lipinski definition) is 3. The molecule has 2 aromatic rings. The van der Waals surface area contributed by atoms with Gasteiger partial charge in [-0.25, -0.2) is 9.97 Å². The topological polar surface area (TPSA) is 25.8 Å². The van der Waals surface area contributed by atoms with E-state index in [2.05, 4.69) is 54.6 Å². The van der Waals surface area contributed by atoms with Crippen LogP contribution in [0.3, 0.4) is 0 Å². The smallest absolute Gasteiger partial charge is 0.160 e. The molecule has 0 saturated carbocycles. The van der Waals surface area contributed by atoms with Crippen LogP contribution in [0.1, 0.15) is 89.2 Å². The minimum absolute atomic E-state index is 0.782. The van der Waals surface area contributed by atoms with Crippen LogP contribution >= 0.6 is 12.6 Å². The maximum Gasteiger partial charge on any atom is 0.160 e. The molecule has 0 N–H and O–H groups in total. The monoisotopic (exact) mass is 384 g/mol. The van der Waals surface area contributed by atoms with Gasteiger partial charge in [-0.2, -0.15) is 0 Å². The third-order valence-corrected chi connectivity index (χ3v) is 5.52. The fourth-order valence-corrected chi connectivity index (χ4v) is 3.75. The third-order valence-electron chi connectivity index (χ3n) is 5.15. The van der Waals surface area contributed by atoms with Gasteiger partial charge in [0.1, 0.15) is 0 Å². The van der Waals surface area contributed by atoms with Gasteiger partial charge in [-0.3, -0.25) is 0 Å². The fourth-order valence-electron chi connectivity index (χ4n) is 3.41. The van der Waals surface area contributed by atoms with Gasteiger partial charge in [-0.05, 0) is 48.9 Å². The highest BCUT2D eigenvalue weighted by Gasteiger charge is 2.07. The molecule has 0 bridgehead atoms. The first kappa shape index (κ1) is 21.9. The molecule has 1 heterocycles. The summed E-state index contributed by atoms with van der Waals surface area (Å²) in [5.41, 5.74) is 3.63. The first-order chi connectivity index (χ1) is 13.2. The Kier molecular flexibility index (Phi) is 10.5. The van der Waals surface area contributed by atoms with Crippen molar-refractivity contribution < 1.29 is 0 Å². The zero-order chi connectivity index (χ0) is 19.3. The Hall–Kier alpha value is -1.35. The van der Waals surface area contributed by atoms with Crippen molar-refractivity contribution in [3.63, 3.8) is 0 Å². The molecule has 0 atom stereocenters. The summed E-state index contributed by atoms with van der Waals surface area (Å²) in [7, 11) is 0. The predicted octanol–water partition coefficient (Wildman–Crippen LogP) is 7.46. The fraction of sp³-hybridized carbons (Fsp3) is 0.583. The Labute approximate surface area is 171 Å². The molecule has 0 aliphatic carbocycles. The van der Waals surface area contributed by atoms with E-state index < -0.39 is 0 Å². The molecular weight excluding hydrogens is 348 g/mol. The lowest BCUT2D eigenvalue weighted by atomic mass is 10.0. The number of benzene rings is 1. The zero-order valence-electron chi connectivity index (χ0n) is 17.2. The molecule has 2 rings (SSSR count). The van der Waals surface area contributed by atoms with E-state index in [0.717, 1.165) is 29.1 Å². The van der Waals surface area contributed by atoms with Crippen LogP contribution in [0.4, 0.5) is 0 Å². The van der Waals surface area contributed by atoms with Crippen LogP contribution in [0.25, 0.3) is 11.4 Å². The number of thiol groups is 1. The molecule has 3 heteroatoms. The number of nitrogens with zero attached hydrogens (tertiary/aromatic N) is 2. The summed E-state index contributed by atoms with van der Waals surface area (Å²) >= 11 is 4.69. The van der Waals surface area contributed by atoms with Gasteiger partial charge in [-0.1, -0.05) is 71.3 Å². The Morgan fingerprint density at radius 1 is 0.704 bits per heavy atom. The summed E-state index contributed by atoms with van der Waals surface area (Å²) in [6, 6.07) is 6.51. The summed E-state index contributed by atoms with van der Waals surface area (Å²) in [5, 5.41) is 0. The Bertz CT molecular complexity index is 652. The van der Waals surface area contributed by atoms with Crippen molar-refractivity contribution in [1.82, 2.24) is 9.97 Å². The summed E-state index contributed by atoms with van der Waals surface area (Å²) < 4.78 is 0. The molecule has 0 amide bonds. The van der Waals surface area contributed by atoms with Gasteiger partial charge in [0.25, 0.3) is 0 Å². The summed E-state index contributed by atoms with van der Waals surface area (Å²) in [5.74, 6) is 0.782. The number of rotatable bonds is 13. The van der Waals surface area contributed by atoms with Crippen LogP contribution in [-0.2, 0) is 12.8 Å². The third kappa shape index (κ3) is 8.04. The summed E-state index contributed by atoms with van der Waals surface area (Å²) in [4.78, 5) is 10.2. The zero-order valence-corrected chi connectivity index (χ0v) is 18.1. The van der Waals surface area contributed by atoms with Crippen molar-refractivity contribution in [1.29, 1.82) is 0 Å².